The van der Waals surface area contributed by atoms with Gasteiger partial charge in [0.25, 0.3) is 0 Å². The quantitative estimate of drug-likeness (QED) is 0.121. The number of esters is 5. The minimum absolute atomic E-state index is 0.0870. The number of rotatable bonds is 18. The monoisotopic (exact) mass is 856 g/mol. The van der Waals surface area contributed by atoms with E-state index in [2.05, 4.69) is 21.3 Å². The Kier molecular flexibility index (Phi) is 18.6. The molecular formula is C41H52N4O16. The summed E-state index contributed by atoms with van der Waals surface area (Å²) in [4.78, 5) is 115. The molecule has 4 amide bonds. The summed E-state index contributed by atoms with van der Waals surface area (Å²) in [5.74, 6) is -7.31. The van der Waals surface area contributed by atoms with Gasteiger partial charge < -0.3 is 54.4 Å². The van der Waals surface area contributed by atoms with Gasteiger partial charge in [0.15, 0.2) is 24.5 Å². The minimum Gasteiger partial charge on any atom is -0.463 e. The molecule has 0 unspecified atom stereocenters. The first kappa shape index (κ1) is 48.8. The molecule has 1 aliphatic rings. The van der Waals surface area contributed by atoms with Crippen molar-refractivity contribution in [3.8, 4) is 0 Å². The molecule has 1 fully saturated rings. The Morgan fingerprint density at radius 2 is 1.21 bits per heavy atom. The molecule has 20 heteroatoms. The summed E-state index contributed by atoms with van der Waals surface area (Å²) in [5, 5.41) is 9.73. The fourth-order valence-corrected chi connectivity index (χ4v) is 5.86. The fraction of sp³-hybridized carbons (Fsp3) is 0.488. The fourth-order valence-electron chi connectivity index (χ4n) is 5.86. The molecule has 0 aromatic heterocycles. The molecular weight excluding hydrogens is 804 g/mol. The minimum atomic E-state index is -1.75. The van der Waals surface area contributed by atoms with Gasteiger partial charge in [-0.05, 0) is 31.9 Å². The van der Waals surface area contributed by atoms with Crippen LogP contribution in [-0.2, 0) is 84.5 Å². The molecule has 1 aliphatic heterocycles. The zero-order valence-corrected chi connectivity index (χ0v) is 34.9. The smallest absolute Gasteiger partial charge is 0.408 e. The second-order valence-corrected chi connectivity index (χ2v) is 14.7. The number of nitrogens with one attached hydrogen (secondary N) is 4. The summed E-state index contributed by atoms with van der Waals surface area (Å²) in [5.41, 5.74) is 0.370. The molecule has 0 aliphatic carbocycles. The third-order valence-electron chi connectivity index (χ3n) is 8.25. The maximum Gasteiger partial charge on any atom is 0.408 e. The molecule has 20 nitrogen and oxygen atoms in total. The Hall–Kier alpha value is -6.57. The first-order valence-corrected chi connectivity index (χ1v) is 19.1. The van der Waals surface area contributed by atoms with Crippen LogP contribution in [0.15, 0.2) is 60.7 Å². The van der Waals surface area contributed by atoms with Gasteiger partial charge >= 0.3 is 35.9 Å². The lowest BCUT2D eigenvalue weighted by molar-refractivity contribution is -0.257. The van der Waals surface area contributed by atoms with Crippen LogP contribution in [0, 0.1) is 0 Å². The van der Waals surface area contributed by atoms with Crippen molar-refractivity contribution >= 4 is 53.7 Å². The van der Waals surface area contributed by atoms with E-state index in [1.165, 1.54) is 0 Å². The normalized spacial score (nSPS) is 19.3. The van der Waals surface area contributed by atoms with Gasteiger partial charge in [0.2, 0.25) is 17.7 Å². The zero-order chi connectivity index (χ0) is 45.3. The average molecular weight is 857 g/mol. The maximum atomic E-state index is 14.0. The first-order chi connectivity index (χ1) is 28.7. The van der Waals surface area contributed by atoms with E-state index in [9.17, 15) is 43.2 Å². The molecule has 332 valence electrons. The standard InChI is InChI=1S/C41H52N4O16/c1-23(46)55-22-31-34(57-24(2)47)35(58-25(3)48)36(59-26(4)49)39(60-31)45-32(50)19-30(37(52)42-20-33(51)61-41(5,6)7)43-38(53)29(18-27-14-10-8-11-15-27)44-40(54)56-21-28-16-12-9-13-17-28/h8-17,29-31,34-36,39H,18-22H2,1-7H3,(H,42,52)(H,43,53)(H,44,54)(H,45,50)/t29-,30-,31+,34+,35-,36+,39+/m0/s1. The molecule has 0 bridgehead atoms. The van der Waals surface area contributed by atoms with E-state index in [0.29, 0.717) is 11.1 Å². The lowest BCUT2D eigenvalue weighted by atomic mass is 9.97. The molecule has 2 aromatic carbocycles. The van der Waals surface area contributed by atoms with Crippen LogP contribution in [0.4, 0.5) is 4.79 Å². The Morgan fingerprint density at radius 3 is 1.77 bits per heavy atom. The average Bonchev–Trinajstić information content (AvgIpc) is 3.16. The van der Waals surface area contributed by atoms with Gasteiger partial charge in [-0.25, -0.2) is 4.79 Å². The van der Waals surface area contributed by atoms with E-state index in [1.54, 1.807) is 81.4 Å². The summed E-state index contributed by atoms with van der Waals surface area (Å²) < 4.78 is 37.7. The van der Waals surface area contributed by atoms with E-state index in [-0.39, 0.29) is 13.0 Å². The van der Waals surface area contributed by atoms with E-state index in [0.717, 1.165) is 27.7 Å². The number of amides is 4. The predicted octanol–water partition coefficient (Wildman–Crippen LogP) is 1.06. The van der Waals surface area contributed by atoms with E-state index >= 15 is 0 Å². The second-order valence-electron chi connectivity index (χ2n) is 14.7. The number of hydrogen-bond donors (Lipinski definition) is 4. The third kappa shape index (κ3) is 17.7. The highest BCUT2D eigenvalue weighted by Gasteiger charge is 2.52. The molecule has 1 saturated heterocycles. The highest BCUT2D eigenvalue weighted by atomic mass is 16.7. The molecule has 0 saturated carbocycles. The van der Waals surface area contributed by atoms with Crippen molar-refractivity contribution in [1.82, 2.24) is 21.3 Å². The van der Waals surface area contributed by atoms with Crippen molar-refractivity contribution in [3.05, 3.63) is 71.8 Å². The van der Waals surface area contributed by atoms with Crippen molar-refractivity contribution in [1.29, 1.82) is 0 Å². The van der Waals surface area contributed by atoms with Crippen molar-refractivity contribution in [2.24, 2.45) is 0 Å². The second kappa shape index (κ2) is 23.3. The van der Waals surface area contributed by atoms with Crippen LogP contribution in [0.2, 0.25) is 0 Å². The van der Waals surface area contributed by atoms with Crippen LogP contribution in [0.1, 0.15) is 66.0 Å². The number of alkyl carbamates (subject to hydrolysis) is 1. The van der Waals surface area contributed by atoms with Gasteiger partial charge in [0.1, 0.15) is 43.5 Å². The summed E-state index contributed by atoms with van der Waals surface area (Å²) in [6.45, 7) is 7.61. The number of benzene rings is 2. The Bertz CT molecular complexity index is 1870. The van der Waals surface area contributed by atoms with E-state index < -0.39 is 122 Å². The van der Waals surface area contributed by atoms with Crippen molar-refractivity contribution < 1.29 is 76.3 Å². The molecule has 7 atom stereocenters. The SMILES string of the molecule is CC(=O)OC[C@H]1O[C@@H](NC(=O)C[C@H](NC(=O)[C@H](Cc2ccccc2)NC(=O)OCc2ccccc2)C(=O)NCC(=O)OC(C)(C)C)[C@H](OC(C)=O)[C@@H](OC(C)=O)[C@@H]1OC(C)=O. The van der Waals surface area contributed by atoms with Gasteiger partial charge in [-0.2, -0.15) is 0 Å². The van der Waals surface area contributed by atoms with Gasteiger partial charge in [0.05, 0.1) is 6.42 Å². The Labute approximate surface area is 352 Å². The van der Waals surface area contributed by atoms with Gasteiger partial charge in [0, 0.05) is 34.1 Å². The van der Waals surface area contributed by atoms with Gasteiger partial charge in [-0.1, -0.05) is 60.7 Å². The number of hydrogen-bond acceptors (Lipinski definition) is 16. The predicted molar refractivity (Wildman–Crippen MR) is 209 cm³/mol. The number of carbonyl (C=O) groups excluding carboxylic acids is 9. The van der Waals surface area contributed by atoms with Crippen molar-refractivity contribution in [3.63, 3.8) is 0 Å². The molecule has 1 heterocycles. The van der Waals surface area contributed by atoms with E-state index in [1.807, 2.05) is 0 Å². The highest BCUT2D eigenvalue weighted by Crippen LogP contribution is 2.28. The maximum absolute atomic E-state index is 14.0. The number of ether oxygens (including phenoxy) is 7. The lowest BCUT2D eigenvalue weighted by Gasteiger charge is -2.44. The van der Waals surface area contributed by atoms with Crippen LogP contribution in [0.25, 0.3) is 0 Å². The molecule has 4 N–H and O–H groups in total. The van der Waals surface area contributed by atoms with Crippen molar-refractivity contribution in [2.45, 2.75) is 116 Å². The van der Waals surface area contributed by atoms with Crippen LogP contribution in [0.5, 0.6) is 0 Å². The van der Waals surface area contributed by atoms with Crippen molar-refractivity contribution in [2.75, 3.05) is 13.2 Å². The summed E-state index contributed by atoms with van der Waals surface area (Å²) >= 11 is 0. The molecule has 0 spiro atoms. The Morgan fingerprint density at radius 1 is 0.656 bits per heavy atom. The Balaban J connectivity index is 1.94. The third-order valence-corrected chi connectivity index (χ3v) is 8.25. The topological polar surface area (TPSA) is 266 Å². The summed E-state index contributed by atoms with van der Waals surface area (Å²) in [6.07, 6.45) is -9.85. The zero-order valence-electron chi connectivity index (χ0n) is 34.9. The van der Waals surface area contributed by atoms with E-state index in [4.69, 9.17) is 33.2 Å². The highest BCUT2D eigenvalue weighted by molar-refractivity contribution is 5.95. The van der Waals surface area contributed by atoms with Crippen LogP contribution < -0.4 is 21.3 Å². The van der Waals surface area contributed by atoms with Crippen LogP contribution in [-0.4, -0.2) is 115 Å². The van der Waals surface area contributed by atoms with Crippen LogP contribution >= 0.6 is 0 Å². The first-order valence-electron chi connectivity index (χ1n) is 19.1. The lowest BCUT2D eigenvalue weighted by Crippen LogP contribution is -2.66. The molecule has 2 aromatic rings. The molecule has 61 heavy (non-hydrogen) atoms. The summed E-state index contributed by atoms with van der Waals surface area (Å²) in [7, 11) is 0. The molecule has 3 rings (SSSR count). The van der Waals surface area contributed by atoms with Gasteiger partial charge in [-0.15, -0.1) is 0 Å². The summed E-state index contributed by atoms with van der Waals surface area (Å²) in [6, 6.07) is 14.2. The number of carbonyl (C=O) groups is 9. The van der Waals surface area contributed by atoms with Gasteiger partial charge in [-0.3, -0.25) is 38.4 Å². The largest absolute Gasteiger partial charge is 0.463 e. The van der Waals surface area contributed by atoms with Crippen LogP contribution in [0.3, 0.4) is 0 Å². The molecule has 0 radical (unpaired) electrons.